The molecule has 2 aromatic rings. The van der Waals surface area contributed by atoms with Crippen molar-refractivity contribution < 1.29 is 9.53 Å². The molecule has 1 saturated carbocycles. The fourth-order valence-corrected chi connectivity index (χ4v) is 3.14. The average molecular weight is 331 g/mol. The molecule has 5 nitrogen and oxygen atoms in total. The molecule has 1 N–H and O–H groups in total. The minimum Gasteiger partial charge on any atom is -0.483 e. The van der Waals surface area contributed by atoms with E-state index in [1.54, 1.807) is 0 Å². The lowest BCUT2D eigenvalue weighted by Crippen LogP contribution is -2.20. The number of rotatable bonds is 6. The molecule has 0 aliphatic heterocycles. The molecule has 0 unspecified atom stereocenters. The van der Waals surface area contributed by atoms with E-state index in [0.717, 1.165) is 16.3 Å². The number of benzene rings is 1. The van der Waals surface area contributed by atoms with Crippen LogP contribution in [0.1, 0.15) is 54.7 Å². The van der Waals surface area contributed by atoms with Crippen LogP contribution >= 0.6 is 11.3 Å². The highest BCUT2D eigenvalue weighted by Crippen LogP contribution is 2.42. The molecule has 1 aliphatic rings. The van der Waals surface area contributed by atoms with Crippen LogP contribution in [0.2, 0.25) is 0 Å². The number of hydrogen-bond acceptors (Lipinski definition) is 5. The summed E-state index contributed by atoms with van der Waals surface area (Å²) < 4.78 is 5.67. The Morgan fingerprint density at radius 1 is 1.39 bits per heavy atom. The van der Waals surface area contributed by atoms with Gasteiger partial charge in [-0.2, -0.15) is 0 Å². The van der Waals surface area contributed by atoms with Gasteiger partial charge >= 0.3 is 0 Å². The van der Waals surface area contributed by atoms with Gasteiger partial charge in [0.1, 0.15) is 10.8 Å². The number of anilines is 1. The average Bonchev–Trinajstić information content (AvgIpc) is 3.26. The van der Waals surface area contributed by atoms with Crippen LogP contribution in [0.4, 0.5) is 5.13 Å². The molecule has 3 rings (SSSR count). The molecule has 0 saturated heterocycles. The summed E-state index contributed by atoms with van der Waals surface area (Å²) in [6.45, 7) is 6.22. The van der Waals surface area contributed by atoms with Gasteiger partial charge in [-0.1, -0.05) is 37.3 Å². The van der Waals surface area contributed by atoms with Gasteiger partial charge in [0.2, 0.25) is 5.13 Å². The fraction of sp³-hybridized carbons (Fsp3) is 0.471. The van der Waals surface area contributed by atoms with E-state index in [0.29, 0.717) is 17.0 Å². The Labute approximate surface area is 140 Å². The summed E-state index contributed by atoms with van der Waals surface area (Å²) in [6.07, 6.45) is 2.36. The second-order valence-electron chi connectivity index (χ2n) is 6.24. The molecule has 122 valence electrons. The third kappa shape index (κ3) is 4.07. The third-order valence-electron chi connectivity index (χ3n) is 3.85. The Balaban J connectivity index is 1.56. The first kappa shape index (κ1) is 15.9. The lowest BCUT2D eigenvalue weighted by Gasteiger charge is -2.12. The zero-order valence-corrected chi connectivity index (χ0v) is 14.4. The Morgan fingerprint density at radius 2 is 2.17 bits per heavy atom. The van der Waals surface area contributed by atoms with Crippen LogP contribution in [0.15, 0.2) is 18.2 Å². The Bertz CT molecular complexity index is 708. The van der Waals surface area contributed by atoms with E-state index in [2.05, 4.69) is 35.4 Å². The summed E-state index contributed by atoms with van der Waals surface area (Å²) in [5.41, 5.74) is 2.22. The maximum atomic E-state index is 12.0. The van der Waals surface area contributed by atoms with Crippen molar-refractivity contribution in [3.05, 3.63) is 34.3 Å². The molecule has 0 atom stereocenters. The second kappa shape index (κ2) is 6.66. The van der Waals surface area contributed by atoms with E-state index in [-0.39, 0.29) is 12.5 Å². The number of amides is 1. The van der Waals surface area contributed by atoms with Crippen molar-refractivity contribution in [2.75, 3.05) is 11.9 Å². The van der Waals surface area contributed by atoms with Crippen molar-refractivity contribution in [1.82, 2.24) is 10.2 Å². The zero-order chi connectivity index (χ0) is 16.4. The summed E-state index contributed by atoms with van der Waals surface area (Å²) in [5, 5.41) is 12.4. The zero-order valence-electron chi connectivity index (χ0n) is 13.6. The van der Waals surface area contributed by atoms with Crippen LogP contribution in [0.5, 0.6) is 5.75 Å². The smallest absolute Gasteiger partial charge is 0.264 e. The Morgan fingerprint density at radius 3 is 2.87 bits per heavy atom. The summed E-state index contributed by atoms with van der Waals surface area (Å²) in [7, 11) is 0. The number of carbonyl (C=O) groups excluding carboxylic acids is 1. The van der Waals surface area contributed by atoms with Crippen LogP contribution in [0.3, 0.4) is 0 Å². The molecule has 0 spiro atoms. The minimum atomic E-state index is -0.210. The molecule has 1 aromatic carbocycles. The van der Waals surface area contributed by atoms with Crippen LogP contribution in [-0.4, -0.2) is 22.7 Å². The van der Waals surface area contributed by atoms with Gasteiger partial charge in [0.05, 0.1) is 0 Å². The van der Waals surface area contributed by atoms with Crippen LogP contribution < -0.4 is 10.1 Å². The molecule has 1 fully saturated rings. The van der Waals surface area contributed by atoms with E-state index >= 15 is 0 Å². The van der Waals surface area contributed by atoms with Crippen LogP contribution in [-0.2, 0) is 4.79 Å². The monoisotopic (exact) mass is 331 g/mol. The standard InChI is InChI=1S/C17H21N3O2S/c1-10(2)13-5-4-11(3)14(8-13)22-9-15(21)18-17-20-19-16(23-17)12-6-7-12/h4-5,8,10,12H,6-7,9H2,1-3H3,(H,18,20,21). The first-order chi connectivity index (χ1) is 11.0. The lowest BCUT2D eigenvalue weighted by atomic mass is 10.0. The first-order valence-electron chi connectivity index (χ1n) is 7.89. The van der Waals surface area contributed by atoms with Crippen molar-refractivity contribution in [3.8, 4) is 5.75 Å². The predicted molar refractivity (Wildman–Crippen MR) is 91.3 cm³/mol. The highest BCUT2D eigenvalue weighted by atomic mass is 32.1. The molecule has 1 aliphatic carbocycles. The largest absolute Gasteiger partial charge is 0.483 e. The normalized spacial score (nSPS) is 14.1. The van der Waals surface area contributed by atoms with Gasteiger partial charge < -0.3 is 4.74 Å². The lowest BCUT2D eigenvalue weighted by molar-refractivity contribution is -0.118. The maximum absolute atomic E-state index is 12.0. The summed E-state index contributed by atoms with van der Waals surface area (Å²) in [4.78, 5) is 12.0. The molecular weight excluding hydrogens is 310 g/mol. The van der Waals surface area contributed by atoms with E-state index < -0.39 is 0 Å². The molecule has 6 heteroatoms. The fourth-order valence-electron chi connectivity index (χ4n) is 2.21. The van der Waals surface area contributed by atoms with Crippen molar-refractivity contribution in [2.45, 2.75) is 45.4 Å². The van der Waals surface area contributed by atoms with E-state index in [4.69, 9.17) is 4.74 Å². The summed E-state index contributed by atoms with van der Waals surface area (Å²) >= 11 is 1.45. The molecule has 0 bridgehead atoms. The number of hydrogen-bond donors (Lipinski definition) is 1. The molecule has 1 aromatic heterocycles. The highest BCUT2D eigenvalue weighted by Gasteiger charge is 2.27. The Kier molecular flexibility index (Phi) is 4.61. The van der Waals surface area contributed by atoms with Gasteiger partial charge in [-0.05, 0) is 42.9 Å². The third-order valence-corrected chi connectivity index (χ3v) is 4.85. The Hall–Kier alpha value is -1.95. The van der Waals surface area contributed by atoms with E-state index in [1.165, 1.54) is 29.7 Å². The second-order valence-corrected chi connectivity index (χ2v) is 7.25. The van der Waals surface area contributed by atoms with Gasteiger partial charge in [-0.3, -0.25) is 10.1 Å². The predicted octanol–water partition coefficient (Wildman–Crippen LogP) is 3.86. The van der Waals surface area contributed by atoms with Crippen molar-refractivity contribution in [1.29, 1.82) is 0 Å². The molecule has 0 radical (unpaired) electrons. The van der Waals surface area contributed by atoms with Gasteiger partial charge in [-0.15, -0.1) is 10.2 Å². The number of nitrogens with one attached hydrogen (secondary N) is 1. The van der Waals surface area contributed by atoms with Crippen molar-refractivity contribution >= 4 is 22.4 Å². The summed E-state index contributed by atoms with van der Waals surface area (Å²) in [5.74, 6) is 1.52. The first-order valence-corrected chi connectivity index (χ1v) is 8.71. The van der Waals surface area contributed by atoms with Gasteiger partial charge in [0, 0.05) is 5.92 Å². The number of aryl methyl sites for hydroxylation is 1. The van der Waals surface area contributed by atoms with Crippen molar-refractivity contribution in [3.63, 3.8) is 0 Å². The number of carbonyl (C=O) groups is 1. The number of nitrogens with zero attached hydrogens (tertiary/aromatic N) is 2. The van der Waals surface area contributed by atoms with Gasteiger partial charge in [0.15, 0.2) is 6.61 Å². The van der Waals surface area contributed by atoms with Crippen LogP contribution in [0, 0.1) is 6.92 Å². The SMILES string of the molecule is Cc1ccc(C(C)C)cc1OCC(=O)Nc1nnc(C2CC2)s1. The molecule has 1 heterocycles. The van der Waals surface area contributed by atoms with Crippen molar-refractivity contribution in [2.24, 2.45) is 0 Å². The maximum Gasteiger partial charge on any atom is 0.264 e. The highest BCUT2D eigenvalue weighted by molar-refractivity contribution is 7.15. The number of ether oxygens (including phenoxy) is 1. The molecular formula is C17H21N3O2S. The van der Waals surface area contributed by atoms with Gasteiger partial charge in [0.25, 0.3) is 5.91 Å². The van der Waals surface area contributed by atoms with Crippen LogP contribution in [0.25, 0.3) is 0 Å². The van der Waals surface area contributed by atoms with E-state index in [9.17, 15) is 4.79 Å². The summed E-state index contributed by atoms with van der Waals surface area (Å²) in [6, 6.07) is 6.12. The quantitative estimate of drug-likeness (QED) is 0.873. The number of aromatic nitrogens is 2. The van der Waals surface area contributed by atoms with E-state index in [1.807, 2.05) is 19.1 Å². The minimum absolute atomic E-state index is 0.0271. The molecule has 23 heavy (non-hydrogen) atoms. The molecule has 1 amide bonds. The van der Waals surface area contributed by atoms with Gasteiger partial charge in [-0.25, -0.2) is 0 Å². The topological polar surface area (TPSA) is 64.1 Å².